The van der Waals surface area contributed by atoms with Crippen LogP contribution >= 0.6 is 11.3 Å². The Morgan fingerprint density at radius 2 is 1.84 bits per heavy atom. The Bertz CT molecular complexity index is 1390. The van der Waals surface area contributed by atoms with E-state index in [4.69, 9.17) is 0 Å². The molecule has 6 nitrogen and oxygen atoms in total. The third-order valence-electron chi connectivity index (χ3n) is 4.90. The van der Waals surface area contributed by atoms with E-state index in [-0.39, 0.29) is 17.9 Å². The fourth-order valence-electron chi connectivity index (χ4n) is 3.46. The van der Waals surface area contributed by atoms with E-state index in [2.05, 4.69) is 17.2 Å². The third-order valence-corrected chi connectivity index (χ3v) is 6.00. The molecule has 160 valence electrons. The van der Waals surface area contributed by atoms with Gasteiger partial charge < -0.3 is 5.32 Å². The fourth-order valence-corrected chi connectivity index (χ4v) is 4.67. The number of carbonyl (C=O) groups is 2. The number of hydrogen-bond acceptors (Lipinski definition) is 4. The smallest absolute Gasteiger partial charge is 0.320 e. The molecule has 0 saturated carbocycles. The first-order valence-electron chi connectivity index (χ1n) is 10.0. The summed E-state index contributed by atoms with van der Waals surface area (Å²) in [5.41, 5.74) is 2.28. The molecule has 0 radical (unpaired) electrons. The highest BCUT2D eigenvalue weighted by molar-refractivity contribution is 7.23. The molecule has 0 fully saturated rings. The van der Waals surface area contributed by atoms with Gasteiger partial charge in [0, 0.05) is 23.6 Å². The maximum atomic E-state index is 13.6. The summed E-state index contributed by atoms with van der Waals surface area (Å²) in [6, 6.07) is 19.1. The zero-order valence-corrected chi connectivity index (χ0v) is 18.2. The lowest BCUT2D eigenvalue weighted by atomic mass is 10.0. The molecule has 0 saturated heterocycles. The van der Waals surface area contributed by atoms with Gasteiger partial charge in [-0.2, -0.15) is 0 Å². The van der Waals surface area contributed by atoms with Crippen LogP contribution in [-0.4, -0.2) is 22.9 Å². The number of urea groups is 1. The van der Waals surface area contributed by atoms with Gasteiger partial charge in [0.15, 0.2) is 5.78 Å². The molecule has 7 heteroatoms. The second kappa shape index (κ2) is 9.03. The van der Waals surface area contributed by atoms with Crippen molar-refractivity contribution in [1.29, 1.82) is 0 Å². The van der Waals surface area contributed by atoms with Crippen molar-refractivity contribution in [3.63, 3.8) is 0 Å². The number of thiophene rings is 1. The first kappa shape index (κ1) is 21.3. The van der Waals surface area contributed by atoms with Crippen molar-refractivity contribution in [2.75, 3.05) is 11.9 Å². The number of amides is 2. The number of anilines is 1. The number of hydrogen-bond donors (Lipinski definition) is 2. The largest absolute Gasteiger partial charge is 0.334 e. The van der Waals surface area contributed by atoms with Crippen molar-refractivity contribution in [3.05, 3.63) is 106 Å². The van der Waals surface area contributed by atoms with E-state index in [0.717, 1.165) is 5.56 Å². The van der Waals surface area contributed by atoms with E-state index in [1.165, 1.54) is 17.4 Å². The maximum Gasteiger partial charge on any atom is 0.320 e. The van der Waals surface area contributed by atoms with Crippen molar-refractivity contribution in [3.8, 4) is 5.69 Å². The Morgan fingerprint density at radius 1 is 1.06 bits per heavy atom. The quantitative estimate of drug-likeness (QED) is 0.329. The maximum absolute atomic E-state index is 13.6. The van der Waals surface area contributed by atoms with E-state index in [1.54, 1.807) is 28.8 Å². The molecular formula is C25H21N3O3S. The van der Waals surface area contributed by atoms with Gasteiger partial charge in [0.05, 0.1) is 11.3 Å². The highest BCUT2D eigenvalue weighted by Crippen LogP contribution is 2.37. The van der Waals surface area contributed by atoms with Gasteiger partial charge in [0.1, 0.15) is 9.83 Å². The van der Waals surface area contributed by atoms with Crippen molar-refractivity contribution in [1.82, 2.24) is 9.88 Å². The molecule has 2 heterocycles. The van der Waals surface area contributed by atoms with E-state index >= 15 is 0 Å². The molecule has 0 spiro atoms. The van der Waals surface area contributed by atoms with Crippen molar-refractivity contribution < 1.29 is 9.59 Å². The molecule has 0 aliphatic carbocycles. The van der Waals surface area contributed by atoms with Gasteiger partial charge >= 0.3 is 6.03 Å². The normalized spacial score (nSPS) is 10.7. The number of fused-ring (bicyclic) bond motifs is 1. The molecule has 0 atom stereocenters. The van der Waals surface area contributed by atoms with Crippen LogP contribution in [-0.2, 0) is 0 Å². The monoisotopic (exact) mass is 443 g/mol. The van der Waals surface area contributed by atoms with Crippen LogP contribution in [0.25, 0.3) is 15.9 Å². The molecule has 2 aromatic heterocycles. The lowest BCUT2D eigenvalue weighted by Gasteiger charge is -2.08. The molecule has 2 N–H and O–H groups in total. The minimum absolute atomic E-state index is 0.220. The number of aromatic nitrogens is 1. The van der Waals surface area contributed by atoms with Crippen LogP contribution in [0.2, 0.25) is 0 Å². The zero-order valence-electron chi connectivity index (χ0n) is 17.4. The molecule has 4 aromatic rings. The molecule has 2 aromatic carbocycles. The first-order chi connectivity index (χ1) is 15.5. The fraction of sp³-hybridized carbons (Fsp3) is 0.0800. The lowest BCUT2D eigenvalue weighted by molar-refractivity contribution is 0.104. The molecule has 0 aliphatic heterocycles. The van der Waals surface area contributed by atoms with Crippen LogP contribution in [0, 0.1) is 6.92 Å². The summed E-state index contributed by atoms with van der Waals surface area (Å²) >= 11 is 1.19. The molecule has 32 heavy (non-hydrogen) atoms. The lowest BCUT2D eigenvalue weighted by Crippen LogP contribution is -2.28. The second-order valence-corrected chi connectivity index (χ2v) is 8.19. The Labute approximate surface area is 188 Å². The summed E-state index contributed by atoms with van der Waals surface area (Å²) in [5, 5.41) is 6.42. The Kier molecular flexibility index (Phi) is 6.00. The van der Waals surface area contributed by atoms with Crippen LogP contribution < -0.4 is 16.2 Å². The third kappa shape index (κ3) is 4.10. The van der Waals surface area contributed by atoms with Crippen LogP contribution in [0.15, 0.2) is 84.2 Å². The van der Waals surface area contributed by atoms with Crippen LogP contribution in [0.3, 0.4) is 0 Å². The molecule has 4 rings (SSSR count). The predicted octanol–water partition coefficient (Wildman–Crippen LogP) is 4.90. The van der Waals surface area contributed by atoms with Crippen LogP contribution in [0.1, 0.15) is 21.5 Å². The number of para-hydroxylation sites is 1. The summed E-state index contributed by atoms with van der Waals surface area (Å²) in [5.74, 6) is -0.225. The minimum Gasteiger partial charge on any atom is -0.334 e. The predicted molar refractivity (Wildman–Crippen MR) is 129 cm³/mol. The SMILES string of the molecule is C=CCNC(=O)Nc1sc2c(ccc(=O)n2-c2ccccc2)c1C(=O)c1cccc(C)c1. The Hall–Kier alpha value is -3.97. The number of benzene rings is 2. The topological polar surface area (TPSA) is 80.2 Å². The van der Waals surface area contributed by atoms with Gasteiger partial charge in [-0.3, -0.25) is 19.5 Å². The highest BCUT2D eigenvalue weighted by Gasteiger charge is 2.24. The summed E-state index contributed by atoms with van der Waals surface area (Å²) in [7, 11) is 0. The number of nitrogens with zero attached hydrogens (tertiary/aromatic N) is 1. The molecular weight excluding hydrogens is 422 g/mol. The molecule has 0 unspecified atom stereocenters. The van der Waals surface area contributed by atoms with Gasteiger partial charge in [0.25, 0.3) is 5.56 Å². The molecule has 0 aliphatic rings. The Morgan fingerprint density at radius 3 is 2.56 bits per heavy atom. The average Bonchev–Trinajstić information content (AvgIpc) is 3.15. The van der Waals surface area contributed by atoms with Crippen LogP contribution in [0.4, 0.5) is 9.80 Å². The van der Waals surface area contributed by atoms with Crippen molar-refractivity contribution in [2.45, 2.75) is 6.92 Å². The standard InChI is InChI=1S/C25H21N3O3S/c1-3-14-26-25(31)27-23-21(22(30)17-9-7-8-16(2)15-17)19-12-13-20(29)28(24(19)32-23)18-10-5-4-6-11-18/h3-13,15H,1,14H2,2H3,(H2,26,27,31). The summed E-state index contributed by atoms with van der Waals surface area (Å²) in [6.07, 6.45) is 1.57. The number of nitrogens with one attached hydrogen (secondary N) is 2. The molecule has 2 amide bonds. The van der Waals surface area contributed by atoms with E-state index in [9.17, 15) is 14.4 Å². The van der Waals surface area contributed by atoms with Gasteiger partial charge in [-0.1, -0.05) is 59.4 Å². The number of aryl methyl sites for hydroxylation is 1. The van der Waals surface area contributed by atoms with Gasteiger partial charge in [-0.05, 0) is 31.2 Å². The Balaban J connectivity index is 1.94. The minimum atomic E-state index is -0.455. The summed E-state index contributed by atoms with van der Waals surface area (Å²) in [6.45, 7) is 5.79. The van der Waals surface area contributed by atoms with Gasteiger partial charge in [0.2, 0.25) is 0 Å². The van der Waals surface area contributed by atoms with Crippen molar-refractivity contribution in [2.24, 2.45) is 0 Å². The van der Waals surface area contributed by atoms with E-state index in [0.29, 0.717) is 32.0 Å². The second-order valence-electron chi connectivity index (χ2n) is 7.19. The zero-order chi connectivity index (χ0) is 22.7. The summed E-state index contributed by atoms with van der Waals surface area (Å²) in [4.78, 5) is 39.3. The van der Waals surface area contributed by atoms with Gasteiger partial charge in [-0.25, -0.2) is 4.79 Å². The van der Waals surface area contributed by atoms with E-state index < -0.39 is 6.03 Å². The number of rotatable bonds is 6. The first-order valence-corrected chi connectivity index (χ1v) is 10.8. The highest BCUT2D eigenvalue weighted by atomic mass is 32.1. The number of carbonyl (C=O) groups excluding carboxylic acids is 2. The van der Waals surface area contributed by atoms with E-state index in [1.807, 2.05) is 49.4 Å². The van der Waals surface area contributed by atoms with Crippen molar-refractivity contribution >= 4 is 38.4 Å². The average molecular weight is 444 g/mol. The number of ketones is 1. The summed E-state index contributed by atoms with van der Waals surface area (Å²) < 4.78 is 1.56. The van der Waals surface area contributed by atoms with Gasteiger partial charge in [-0.15, -0.1) is 6.58 Å². The van der Waals surface area contributed by atoms with Crippen LogP contribution in [0.5, 0.6) is 0 Å². The number of pyridine rings is 1. The molecule has 0 bridgehead atoms.